The van der Waals surface area contributed by atoms with E-state index in [1.807, 2.05) is 0 Å². The summed E-state index contributed by atoms with van der Waals surface area (Å²) < 4.78 is 0. The van der Waals surface area contributed by atoms with Gasteiger partial charge in [0.2, 0.25) is 0 Å². The maximum atomic E-state index is 2.47. The van der Waals surface area contributed by atoms with Gasteiger partial charge in [0.1, 0.15) is 0 Å². The van der Waals surface area contributed by atoms with Crippen molar-refractivity contribution in [2.24, 2.45) is 0 Å². The lowest BCUT2D eigenvalue weighted by Crippen LogP contribution is -2.22. The van der Waals surface area contributed by atoms with Crippen molar-refractivity contribution in [1.82, 2.24) is 0 Å². The molecule has 8 aromatic rings. The highest BCUT2D eigenvalue weighted by Crippen LogP contribution is 2.57. The number of rotatable bonds is 6. The van der Waals surface area contributed by atoms with E-state index < -0.39 is 0 Å². The largest absolute Gasteiger partial charge is 0.309 e. The number of hydrogen-bond acceptors (Lipinski definition) is 1. The van der Waals surface area contributed by atoms with Crippen molar-refractivity contribution in [2.45, 2.75) is 12.3 Å². The fourth-order valence-corrected chi connectivity index (χ4v) is 7.89. The van der Waals surface area contributed by atoms with Crippen LogP contribution in [0.2, 0.25) is 0 Å². The Morgan fingerprint density at radius 2 is 0.898 bits per heavy atom. The van der Waals surface area contributed by atoms with Crippen molar-refractivity contribution in [1.29, 1.82) is 0 Å². The van der Waals surface area contributed by atoms with Gasteiger partial charge in [0.05, 0.1) is 11.4 Å². The summed E-state index contributed by atoms with van der Waals surface area (Å²) in [5.74, 6) is 0. The Morgan fingerprint density at radius 3 is 1.63 bits per heavy atom. The van der Waals surface area contributed by atoms with Gasteiger partial charge in [0.15, 0.2) is 0 Å². The first kappa shape index (κ1) is 29.0. The molecule has 8 aromatic carbocycles. The van der Waals surface area contributed by atoms with Gasteiger partial charge in [-0.05, 0) is 81.1 Å². The summed E-state index contributed by atoms with van der Waals surface area (Å²) >= 11 is 0. The van der Waals surface area contributed by atoms with E-state index in [-0.39, 0.29) is 5.41 Å². The lowest BCUT2D eigenvalue weighted by atomic mass is 9.74. The standard InChI is InChI=1S/C48H35N/c1-48(39-18-6-3-7-19-39)43-22-11-10-21-42(43)47-44(48)23-13-25-46(47)49(45-24-12-17-38-16-8-9-20-41(38)45)40-32-30-37(31-33-40)36-28-26-35(27-29-36)34-14-4-2-5-15-34/h2-33H,1H3. The Labute approximate surface area is 288 Å². The maximum Gasteiger partial charge on any atom is 0.0543 e. The number of anilines is 3. The van der Waals surface area contributed by atoms with Crippen LogP contribution in [0.1, 0.15) is 23.6 Å². The smallest absolute Gasteiger partial charge is 0.0543 e. The molecular weight excluding hydrogens is 591 g/mol. The highest BCUT2D eigenvalue weighted by atomic mass is 15.1. The maximum absolute atomic E-state index is 2.47. The van der Waals surface area contributed by atoms with Crippen LogP contribution in [0.3, 0.4) is 0 Å². The molecular formula is C48H35N. The fourth-order valence-electron chi connectivity index (χ4n) is 7.89. The SMILES string of the molecule is CC1(c2ccccc2)c2ccccc2-c2c(N(c3ccc(-c4ccc(-c5ccccc5)cc4)cc3)c3cccc4ccccc34)cccc21. The highest BCUT2D eigenvalue weighted by molar-refractivity contribution is 6.03. The van der Waals surface area contributed by atoms with Crippen LogP contribution >= 0.6 is 0 Å². The normalized spacial score (nSPS) is 14.7. The summed E-state index contributed by atoms with van der Waals surface area (Å²) in [5.41, 5.74) is 14.6. The minimum atomic E-state index is -0.274. The molecule has 1 aliphatic rings. The summed E-state index contributed by atoms with van der Waals surface area (Å²) in [6.45, 7) is 2.39. The molecule has 0 bridgehead atoms. The van der Waals surface area contributed by atoms with Crippen LogP contribution in [0.5, 0.6) is 0 Å². The topological polar surface area (TPSA) is 3.24 Å². The number of fused-ring (bicyclic) bond motifs is 4. The van der Waals surface area contributed by atoms with Gasteiger partial charge in [-0.15, -0.1) is 0 Å². The highest BCUT2D eigenvalue weighted by Gasteiger charge is 2.42. The lowest BCUT2D eigenvalue weighted by Gasteiger charge is -2.31. The molecule has 0 saturated carbocycles. The second kappa shape index (κ2) is 11.8. The Kier molecular flexibility index (Phi) is 6.99. The zero-order valence-electron chi connectivity index (χ0n) is 27.4. The molecule has 232 valence electrons. The molecule has 1 unspecified atom stereocenters. The van der Waals surface area contributed by atoms with Gasteiger partial charge in [-0.3, -0.25) is 0 Å². The summed E-state index contributed by atoms with van der Waals surface area (Å²) in [6, 6.07) is 70.7. The molecule has 0 heterocycles. The number of hydrogen-bond donors (Lipinski definition) is 0. The van der Waals surface area contributed by atoms with Crippen LogP contribution in [0.4, 0.5) is 17.1 Å². The van der Waals surface area contributed by atoms with Crippen LogP contribution in [-0.4, -0.2) is 0 Å². The van der Waals surface area contributed by atoms with Gasteiger partial charge in [-0.2, -0.15) is 0 Å². The Balaban J connectivity index is 1.22. The van der Waals surface area contributed by atoms with Gasteiger partial charge in [-0.1, -0.05) is 170 Å². The number of nitrogens with zero attached hydrogens (tertiary/aromatic N) is 1. The molecule has 0 N–H and O–H groups in total. The van der Waals surface area contributed by atoms with E-state index in [9.17, 15) is 0 Å². The molecule has 0 saturated heterocycles. The van der Waals surface area contributed by atoms with Gasteiger partial charge in [0, 0.05) is 22.1 Å². The number of benzene rings is 8. The van der Waals surface area contributed by atoms with Crippen LogP contribution in [0.25, 0.3) is 44.2 Å². The average molecular weight is 626 g/mol. The predicted molar refractivity (Wildman–Crippen MR) is 207 cm³/mol. The minimum absolute atomic E-state index is 0.274. The first-order valence-corrected chi connectivity index (χ1v) is 17.0. The van der Waals surface area contributed by atoms with E-state index in [4.69, 9.17) is 0 Å². The van der Waals surface area contributed by atoms with Crippen LogP contribution in [0.15, 0.2) is 194 Å². The molecule has 0 aromatic heterocycles. The van der Waals surface area contributed by atoms with Crippen molar-refractivity contribution in [2.75, 3.05) is 4.90 Å². The zero-order chi connectivity index (χ0) is 32.8. The molecule has 0 aliphatic heterocycles. The Bertz CT molecular complexity index is 2420. The van der Waals surface area contributed by atoms with E-state index in [0.29, 0.717) is 0 Å². The van der Waals surface area contributed by atoms with Crippen molar-refractivity contribution >= 4 is 27.8 Å². The predicted octanol–water partition coefficient (Wildman–Crippen LogP) is 13.0. The second-order valence-corrected chi connectivity index (χ2v) is 13.1. The second-order valence-electron chi connectivity index (χ2n) is 13.1. The molecule has 0 spiro atoms. The van der Waals surface area contributed by atoms with Gasteiger partial charge < -0.3 is 4.90 Å². The first-order valence-electron chi connectivity index (χ1n) is 17.0. The Morgan fingerprint density at radius 1 is 0.388 bits per heavy atom. The summed E-state index contributed by atoms with van der Waals surface area (Å²) in [5, 5.41) is 2.45. The van der Waals surface area contributed by atoms with Gasteiger partial charge in [0.25, 0.3) is 0 Å². The Hall–Kier alpha value is -6.18. The van der Waals surface area contributed by atoms with Crippen molar-refractivity contribution in [3.63, 3.8) is 0 Å². The van der Waals surface area contributed by atoms with E-state index >= 15 is 0 Å². The van der Waals surface area contributed by atoms with Crippen LogP contribution < -0.4 is 4.90 Å². The minimum Gasteiger partial charge on any atom is -0.309 e. The van der Waals surface area contributed by atoms with Crippen LogP contribution in [0, 0.1) is 0 Å². The summed E-state index contributed by atoms with van der Waals surface area (Å²) in [6.07, 6.45) is 0. The third kappa shape index (κ3) is 4.78. The lowest BCUT2D eigenvalue weighted by molar-refractivity contribution is 0.714. The van der Waals surface area contributed by atoms with Gasteiger partial charge in [-0.25, -0.2) is 0 Å². The van der Waals surface area contributed by atoms with Crippen molar-refractivity contribution in [3.8, 4) is 33.4 Å². The molecule has 1 atom stereocenters. The molecule has 0 radical (unpaired) electrons. The molecule has 1 aliphatic carbocycles. The van der Waals surface area contributed by atoms with Crippen molar-refractivity contribution in [3.05, 3.63) is 211 Å². The zero-order valence-corrected chi connectivity index (χ0v) is 27.4. The summed E-state index contributed by atoms with van der Waals surface area (Å²) in [7, 11) is 0. The van der Waals surface area contributed by atoms with E-state index in [2.05, 4.69) is 206 Å². The molecule has 0 fully saturated rings. The molecule has 9 rings (SSSR count). The average Bonchev–Trinajstić information content (AvgIpc) is 3.45. The quantitative estimate of drug-likeness (QED) is 0.178. The van der Waals surface area contributed by atoms with Gasteiger partial charge >= 0.3 is 0 Å². The molecule has 1 heteroatoms. The third-order valence-corrected chi connectivity index (χ3v) is 10.4. The molecule has 49 heavy (non-hydrogen) atoms. The monoisotopic (exact) mass is 625 g/mol. The molecule has 0 amide bonds. The third-order valence-electron chi connectivity index (χ3n) is 10.4. The first-order chi connectivity index (χ1) is 24.2. The molecule has 1 nitrogen and oxygen atoms in total. The van der Waals surface area contributed by atoms with Crippen LogP contribution in [-0.2, 0) is 5.41 Å². The van der Waals surface area contributed by atoms with E-state index in [1.54, 1.807) is 0 Å². The summed E-state index contributed by atoms with van der Waals surface area (Å²) in [4.78, 5) is 2.47. The fraction of sp³-hybridized carbons (Fsp3) is 0.0417. The van der Waals surface area contributed by atoms with Crippen molar-refractivity contribution < 1.29 is 0 Å². The van der Waals surface area contributed by atoms with E-state index in [1.165, 1.54) is 66.5 Å². The van der Waals surface area contributed by atoms with E-state index in [0.717, 1.165) is 11.4 Å².